The predicted molar refractivity (Wildman–Crippen MR) is 113 cm³/mol. The molecule has 0 aliphatic carbocycles. The van der Waals surface area contributed by atoms with Gasteiger partial charge in [-0.15, -0.1) is 0 Å². The number of rotatable bonds is 2. The maximum absolute atomic E-state index is 13.1. The van der Waals surface area contributed by atoms with E-state index >= 15 is 0 Å². The van der Waals surface area contributed by atoms with Crippen LogP contribution in [0.2, 0.25) is 0 Å². The topological polar surface area (TPSA) is 87.1 Å². The fourth-order valence-corrected chi connectivity index (χ4v) is 3.39. The number of carbonyl (C=O) groups is 1. The number of hydrogen-bond acceptors (Lipinski definition) is 6. The first-order valence-electron chi connectivity index (χ1n) is 9.53. The molecule has 1 aliphatic rings. The molecule has 0 saturated carbocycles. The normalized spacial score (nSPS) is 13.6. The van der Waals surface area contributed by atoms with E-state index in [-0.39, 0.29) is 6.03 Å². The smallest absolute Gasteiger partial charge is 0.328 e. The van der Waals surface area contributed by atoms with Crippen molar-refractivity contribution in [1.82, 2.24) is 19.9 Å². The van der Waals surface area contributed by atoms with Crippen molar-refractivity contribution in [2.24, 2.45) is 0 Å². The Bertz CT molecular complexity index is 1050. The molecular formula is C21H23N7O. The number of urea groups is 1. The number of anilines is 3. The Morgan fingerprint density at radius 1 is 1.07 bits per heavy atom. The minimum absolute atomic E-state index is 0.267. The quantitative estimate of drug-likeness (QED) is 0.723. The number of nitrogens with one attached hydrogen (secondary N) is 1. The summed E-state index contributed by atoms with van der Waals surface area (Å²) >= 11 is 0. The standard InChI is InChI=1S/C21H23N7O/c1-14-11-16(7-8-23-14)17-5-6-18-20(25-17)28(10-4-9-27(18)3)21(29)26-19-13-22-12-15(2)24-19/h5-8,11-13H,4,9-10H2,1-3H3,(H,24,26,29). The molecule has 2 amide bonds. The van der Waals surface area contributed by atoms with Gasteiger partial charge in [0.1, 0.15) is 0 Å². The maximum atomic E-state index is 13.1. The van der Waals surface area contributed by atoms with Gasteiger partial charge in [-0.2, -0.15) is 0 Å². The van der Waals surface area contributed by atoms with Gasteiger partial charge in [0.25, 0.3) is 0 Å². The molecule has 0 atom stereocenters. The Morgan fingerprint density at radius 2 is 1.93 bits per heavy atom. The first kappa shape index (κ1) is 18.8. The van der Waals surface area contributed by atoms with Crippen molar-refractivity contribution in [3.8, 4) is 11.3 Å². The minimum atomic E-state index is -0.267. The summed E-state index contributed by atoms with van der Waals surface area (Å²) in [5.74, 6) is 1.06. The molecule has 0 fully saturated rings. The van der Waals surface area contributed by atoms with Crippen molar-refractivity contribution in [1.29, 1.82) is 0 Å². The van der Waals surface area contributed by atoms with Crippen molar-refractivity contribution in [3.05, 3.63) is 54.2 Å². The zero-order valence-electron chi connectivity index (χ0n) is 16.8. The van der Waals surface area contributed by atoms with Crippen molar-refractivity contribution in [2.75, 3.05) is 35.3 Å². The molecule has 0 unspecified atom stereocenters. The van der Waals surface area contributed by atoms with Gasteiger partial charge in [-0.1, -0.05) is 0 Å². The van der Waals surface area contributed by atoms with Crippen LogP contribution in [-0.4, -0.2) is 46.1 Å². The molecule has 0 aromatic carbocycles. The third-order valence-corrected chi connectivity index (χ3v) is 4.82. The number of carbonyl (C=O) groups excluding carboxylic acids is 1. The second-order valence-corrected chi connectivity index (χ2v) is 7.13. The van der Waals surface area contributed by atoms with Gasteiger partial charge in [-0.25, -0.2) is 14.8 Å². The van der Waals surface area contributed by atoms with Crippen LogP contribution in [-0.2, 0) is 0 Å². The third kappa shape index (κ3) is 4.01. The number of hydrogen-bond donors (Lipinski definition) is 1. The number of aryl methyl sites for hydroxylation is 2. The molecule has 3 aromatic heterocycles. The zero-order chi connectivity index (χ0) is 20.4. The van der Waals surface area contributed by atoms with Crippen LogP contribution in [0.15, 0.2) is 42.9 Å². The molecule has 4 heterocycles. The van der Waals surface area contributed by atoms with E-state index in [9.17, 15) is 4.79 Å². The molecule has 148 valence electrons. The number of nitrogens with zero attached hydrogens (tertiary/aromatic N) is 6. The Hall–Kier alpha value is -3.55. The van der Waals surface area contributed by atoms with E-state index in [1.54, 1.807) is 23.5 Å². The summed E-state index contributed by atoms with van der Waals surface area (Å²) in [4.78, 5) is 34.4. The Kier molecular flexibility index (Phi) is 5.07. The molecule has 29 heavy (non-hydrogen) atoms. The number of amides is 2. The predicted octanol–water partition coefficient (Wildman–Crippen LogP) is 3.43. The molecule has 1 N–H and O–H groups in total. The van der Waals surface area contributed by atoms with Crippen LogP contribution in [0.1, 0.15) is 17.8 Å². The Labute approximate surface area is 169 Å². The van der Waals surface area contributed by atoms with Crippen LogP contribution in [0.5, 0.6) is 0 Å². The van der Waals surface area contributed by atoms with Gasteiger partial charge in [0.05, 0.1) is 23.3 Å². The van der Waals surface area contributed by atoms with E-state index in [0.717, 1.165) is 41.3 Å². The molecule has 0 saturated heterocycles. The first-order chi connectivity index (χ1) is 14.0. The lowest BCUT2D eigenvalue weighted by Crippen LogP contribution is -2.36. The Morgan fingerprint density at radius 3 is 2.72 bits per heavy atom. The monoisotopic (exact) mass is 389 g/mol. The van der Waals surface area contributed by atoms with Crippen molar-refractivity contribution >= 4 is 23.4 Å². The number of fused-ring (bicyclic) bond motifs is 1. The summed E-state index contributed by atoms with van der Waals surface area (Å²) in [6.07, 6.45) is 5.80. The minimum Gasteiger partial charge on any atom is -0.372 e. The largest absolute Gasteiger partial charge is 0.372 e. The van der Waals surface area contributed by atoms with Crippen LogP contribution >= 0.6 is 0 Å². The van der Waals surface area contributed by atoms with Gasteiger partial charge in [-0.05, 0) is 44.5 Å². The third-order valence-electron chi connectivity index (χ3n) is 4.82. The van der Waals surface area contributed by atoms with E-state index in [2.05, 4.69) is 25.2 Å². The van der Waals surface area contributed by atoms with Crippen LogP contribution < -0.4 is 15.1 Å². The van der Waals surface area contributed by atoms with Gasteiger partial charge in [0, 0.05) is 43.8 Å². The van der Waals surface area contributed by atoms with E-state index in [0.29, 0.717) is 18.2 Å². The molecule has 8 nitrogen and oxygen atoms in total. The maximum Gasteiger partial charge on any atom is 0.328 e. The highest BCUT2D eigenvalue weighted by Crippen LogP contribution is 2.33. The van der Waals surface area contributed by atoms with Crippen molar-refractivity contribution in [3.63, 3.8) is 0 Å². The molecule has 1 aliphatic heterocycles. The highest BCUT2D eigenvalue weighted by atomic mass is 16.2. The molecule has 0 radical (unpaired) electrons. The van der Waals surface area contributed by atoms with E-state index in [4.69, 9.17) is 4.98 Å². The lowest BCUT2D eigenvalue weighted by atomic mass is 10.1. The molecule has 0 spiro atoms. The van der Waals surface area contributed by atoms with Crippen molar-refractivity contribution in [2.45, 2.75) is 20.3 Å². The average molecular weight is 389 g/mol. The Balaban J connectivity index is 1.71. The SMILES string of the molecule is Cc1cc(-c2ccc3c(n2)N(C(=O)Nc2cncc(C)n2)CCCN3C)ccn1. The van der Waals surface area contributed by atoms with E-state index in [1.165, 1.54) is 0 Å². The second-order valence-electron chi connectivity index (χ2n) is 7.13. The summed E-state index contributed by atoms with van der Waals surface area (Å²) in [7, 11) is 2.02. The van der Waals surface area contributed by atoms with Crippen LogP contribution in [0.25, 0.3) is 11.3 Å². The molecule has 4 rings (SSSR count). The summed E-state index contributed by atoms with van der Waals surface area (Å²) in [6, 6.07) is 7.65. The highest BCUT2D eigenvalue weighted by molar-refractivity contribution is 6.02. The van der Waals surface area contributed by atoms with E-state index in [1.807, 2.05) is 45.2 Å². The number of aromatic nitrogens is 4. The zero-order valence-corrected chi connectivity index (χ0v) is 16.8. The molecule has 8 heteroatoms. The van der Waals surface area contributed by atoms with E-state index < -0.39 is 0 Å². The summed E-state index contributed by atoms with van der Waals surface area (Å²) in [5.41, 5.74) is 4.36. The highest BCUT2D eigenvalue weighted by Gasteiger charge is 2.26. The summed E-state index contributed by atoms with van der Waals surface area (Å²) in [5, 5.41) is 2.85. The molecule has 3 aromatic rings. The van der Waals surface area contributed by atoms with Crippen LogP contribution in [0, 0.1) is 13.8 Å². The van der Waals surface area contributed by atoms with Gasteiger partial charge in [0.2, 0.25) is 0 Å². The first-order valence-corrected chi connectivity index (χ1v) is 9.53. The number of pyridine rings is 2. The van der Waals surface area contributed by atoms with Crippen LogP contribution in [0.3, 0.4) is 0 Å². The fourth-order valence-electron chi connectivity index (χ4n) is 3.39. The van der Waals surface area contributed by atoms with Gasteiger partial charge in [-0.3, -0.25) is 20.2 Å². The van der Waals surface area contributed by atoms with Gasteiger partial charge >= 0.3 is 6.03 Å². The summed E-state index contributed by atoms with van der Waals surface area (Å²) in [6.45, 7) is 5.19. The lowest BCUT2D eigenvalue weighted by Gasteiger charge is -2.24. The van der Waals surface area contributed by atoms with Gasteiger partial charge < -0.3 is 4.90 Å². The van der Waals surface area contributed by atoms with Gasteiger partial charge in [0.15, 0.2) is 11.6 Å². The average Bonchev–Trinajstić information content (AvgIpc) is 2.86. The lowest BCUT2D eigenvalue weighted by molar-refractivity contribution is 0.256. The molecule has 0 bridgehead atoms. The summed E-state index contributed by atoms with van der Waals surface area (Å²) < 4.78 is 0. The molecular weight excluding hydrogens is 366 g/mol. The fraction of sp³-hybridized carbons (Fsp3) is 0.286. The van der Waals surface area contributed by atoms with Crippen molar-refractivity contribution < 1.29 is 4.79 Å². The van der Waals surface area contributed by atoms with Crippen LogP contribution in [0.4, 0.5) is 22.1 Å². The second kappa shape index (κ2) is 7.83.